The predicted molar refractivity (Wildman–Crippen MR) is 121 cm³/mol. The molecule has 1 saturated heterocycles. The molecule has 6 heteroatoms. The molecule has 3 aromatic heterocycles. The van der Waals surface area contributed by atoms with Crippen molar-refractivity contribution in [1.29, 1.82) is 5.26 Å². The molecule has 0 N–H and O–H groups in total. The maximum atomic E-state index is 9.15. The Bertz CT molecular complexity index is 1190. The van der Waals surface area contributed by atoms with Crippen LogP contribution in [-0.2, 0) is 6.54 Å². The number of benzene rings is 1. The van der Waals surface area contributed by atoms with E-state index in [2.05, 4.69) is 63.2 Å². The number of nitrogens with zero attached hydrogens (tertiary/aromatic N) is 5. The molecule has 1 aromatic carbocycles. The molecule has 0 spiro atoms. The van der Waals surface area contributed by atoms with Gasteiger partial charge in [0.2, 0.25) is 0 Å². The van der Waals surface area contributed by atoms with Crippen molar-refractivity contribution in [2.24, 2.45) is 0 Å². The SMILES string of the molecule is CN1CCN(Cc2c(-c3ccc(C#N)cc3)nc3ccc(-c4cccs4)cn23)CC1. The normalized spacial score (nSPS) is 15.5. The molecule has 0 unspecified atom stereocenters. The molecule has 4 aromatic rings. The Morgan fingerprint density at radius 1 is 1.00 bits per heavy atom. The van der Waals surface area contributed by atoms with E-state index in [1.165, 1.54) is 16.1 Å². The van der Waals surface area contributed by atoms with Gasteiger partial charge in [0.05, 0.1) is 23.0 Å². The first-order valence-electron chi connectivity index (χ1n) is 10.2. The van der Waals surface area contributed by atoms with Crippen LogP contribution in [0.5, 0.6) is 0 Å². The average Bonchev–Trinajstić information content (AvgIpc) is 3.44. The molecule has 1 fully saturated rings. The van der Waals surface area contributed by atoms with E-state index >= 15 is 0 Å². The van der Waals surface area contributed by atoms with E-state index in [1.807, 2.05) is 24.3 Å². The molecule has 0 aliphatic carbocycles. The Kier molecular flexibility index (Phi) is 5.09. The monoisotopic (exact) mass is 413 g/mol. The highest BCUT2D eigenvalue weighted by Crippen LogP contribution is 2.30. The Hall–Kier alpha value is -2.98. The molecular formula is C24H23N5S. The van der Waals surface area contributed by atoms with E-state index in [4.69, 9.17) is 10.2 Å². The number of likely N-dealkylation sites (N-methyl/N-ethyl adjacent to an activating group) is 1. The second-order valence-electron chi connectivity index (χ2n) is 7.80. The first kappa shape index (κ1) is 19.0. The standard InChI is InChI=1S/C24H23N5S/c1-27-10-12-28(13-11-27)17-21-24(19-6-4-18(15-25)5-7-19)26-23-9-8-20(16-29(21)23)22-3-2-14-30-22/h2-9,14,16H,10-13,17H2,1H3. The van der Waals surface area contributed by atoms with Gasteiger partial charge in [-0.2, -0.15) is 5.26 Å². The van der Waals surface area contributed by atoms with Crippen LogP contribution in [0.15, 0.2) is 60.1 Å². The molecule has 1 aliphatic rings. The first-order chi connectivity index (χ1) is 14.7. The van der Waals surface area contributed by atoms with Crippen molar-refractivity contribution in [3.63, 3.8) is 0 Å². The molecule has 5 nitrogen and oxygen atoms in total. The van der Waals surface area contributed by atoms with Gasteiger partial charge in [-0.25, -0.2) is 4.98 Å². The van der Waals surface area contributed by atoms with E-state index in [1.54, 1.807) is 11.3 Å². The highest BCUT2D eigenvalue weighted by atomic mass is 32.1. The average molecular weight is 414 g/mol. The number of aromatic nitrogens is 2. The lowest BCUT2D eigenvalue weighted by Gasteiger charge is -2.32. The van der Waals surface area contributed by atoms with Crippen LogP contribution in [0.1, 0.15) is 11.3 Å². The van der Waals surface area contributed by atoms with Gasteiger partial charge in [-0.1, -0.05) is 18.2 Å². The van der Waals surface area contributed by atoms with Crippen LogP contribution < -0.4 is 0 Å². The van der Waals surface area contributed by atoms with E-state index in [9.17, 15) is 0 Å². The van der Waals surface area contributed by atoms with Crippen LogP contribution >= 0.6 is 11.3 Å². The van der Waals surface area contributed by atoms with E-state index in [0.717, 1.165) is 49.6 Å². The third kappa shape index (κ3) is 3.63. The number of imidazole rings is 1. The van der Waals surface area contributed by atoms with Gasteiger partial charge in [0.15, 0.2) is 0 Å². The number of fused-ring (bicyclic) bond motifs is 1. The Labute approximate surface area is 180 Å². The van der Waals surface area contributed by atoms with Gasteiger partial charge in [-0.15, -0.1) is 11.3 Å². The minimum atomic E-state index is 0.670. The molecule has 4 heterocycles. The zero-order valence-electron chi connectivity index (χ0n) is 17.0. The van der Waals surface area contributed by atoms with Gasteiger partial charge < -0.3 is 9.30 Å². The van der Waals surface area contributed by atoms with Crippen LogP contribution in [0.3, 0.4) is 0 Å². The van der Waals surface area contributed by atoms with Gasteiger partial charge in [-0.3, -0.25) is 4.90 Å². The minimum absolute atomic E-state index is 0.670. The van der Waals surface area contributed by atoms with Crippen LogP contribution in [0.25, 0.3) is 27.3 Å². The summed E-state index contributed by atoms with van der Waals surface area (Å²) in [5.74, 6) is 0. The molecule has 30 heavy (non-hydrogen) atoms. The summed E-state index contributed by atoms with van der Waals surface area (Å²) < 4.78 is 2.25. The summed E-state index contributed by atoms with van der Waals surface area (Å²) in [6.45, 7) is 5.15. The maximum Gasteiger partial charge on any atom is 0.137 e. The number of hydrogen-bond acceptors (Lipinski definition) is 5. The molecule has 0 amide bonds. The second-order valence-corrected chi connectivity index (χ2v) is 8.75. The molecule has 5 rings (SSSR count). The van der Waals surface area contributed by atoms with Crippen LogP contribution in [0.2, 0.25) is 0 Å². The number of hydrogen-bond donors (Lipinski definition) is 0. The van der Waals surface area contributed by atoms with Gasteiger partial charge in [0.25, 0.3) is 0 Å². The lowest BCUT2D eigenvalue weighted by Crippen LogP contribution is -2.44. The van der Waals surface area contributed by atoms with Crippen LogP contribution in [-0.4, -0.2) is 52.4 Å². The van der Waals surface area contributed by atoms with Crippen molar-refractivity contribution in [1.82, 2.24) is 19.2 Å². The Morgan fingerprint density at radius 2 is 1.77 bits per heavy atom. The Balaban J connectivity index is 1.61. The van der Waals surface area contributed by atoms with E-state index in [-0.39, 0.29) is 0 Å². The molecule has 1 aliphatic heterocycles. The summed E-state index contributed by atoms with van der Waals surface area (Å²) in [4.78, 5) is 11.1. The third-order valence-electron chi connectivity index (χ3n) is 5.78. The number of rotatable bonds is 4. The van der Waals surface area contributed by atoms with E-state index < -0.39 is 0 Å². The highest BCUT2D eigenvalue weighted by Gasteiger charge is 2.20. The van der Waals surface area contributed by atoms with Crippen molar-refractivity contribution >= 4 is 17.0 Å². The highest BCUT2D eigenvalue weighted by molar-refractivity contribution is 7.13. The largest absolute Gasteiger partial charge is 0.304 e. The quantitative estimate of drug-likeness (QED) is 0.499. The zero-order valence-corrected chi connectivity index (χ0v) is 17.8. The van der Waals surface area contributed by atoms with Crippen LogP contribution in [0.4, 0.5) is 0 Å². The van der Waals surface area contributed by atoms with Crippen molar-refractivity contribution < 1.29 is 0 Å². The van der Waals surface area contributed by atoms with Gasteiger partial charge in [0, 0.05) is 54.9 Å². The summed E-state index contributed by atoms with van der Waals surface area (Å²) in [5.41, 5.74) is 6.10. The molecule has 0 radical (unpaired) electrons. The number of pyridine rings is 1. The fraction of sp³-hybridized carbons (Fsp3) is 0.250. The smallest absolute Gasteiger partial charge is 0.137 e. The lowest BCUT2D eigenvalue weighted by molar-refractivity contribution is 0.147. The Morgan fingerprint density at radius 3 is 2.47 bits per heavy atom. The van der Waals surface area contributed by atoms with Crippen LogP contribution in [0, 0.1) is 11.3 Å². The van der Waals surface area contributed by atoms with Gasteiger partial charge >= 0.3 is 0 Å². The van der Waals surface area contributed by atoms with Crippen molar-refractivity contribution in [3.05, 3.63) is 71.4 Å². The number of piperazine rings is 1. The maximum absolute atomic E-state index is 9.15. The number of nitriles is 1. The van der Waals surface area contributed by atoms with Crippen molar-refractivity contribution in [2.75, 3.05) is 33.2 Å². The molecule has 0 saturated carbocycles. The molecule has 0 bridgehead atoms. The zero-order chi connectivity index (χ0) is 20.5. The fourth-order valence-electron chi connectivity index (χ4n) is 3.98. The summed E-state index contributed by atoms with van der Waals surface area (Å²) in [7, 11) is 2.18. The summed E-state index contributed by atoms with van der Waals surface area (Å²) in [5, 5.41) is 11.3. The number of thiophene rings is 1. The molecular weight excluding hydrogens is 390 g/mol. The second kappa shape index (κ2) is 8.04. The molecule has 150 valence electrons. The first-order valence-corrected chi connectivity index (χ1v) is 11.1. The minimum Gasteiger partial charge on any atom is -0.304 e. The molecule has 0 atom stereocenters. The fourth-order valence-corrected chi connectivity index (χ4v) is 4.70. The summed E-state index contributed by atoms with van der Waals surface area (Å²) >= 11 is 1.75. The summed E-state index contributed by atoms with van der Waals surface area (Å²) in [6, 6.07) is 18.5. The third-order valence-corrected chi connectivity index (χ3v) is 6.70. The van der Waals surface area contributed by atoms with E-state index in [0.29, 0.717) is 5.56 Å². The summed E-state index contributed by atoms with van der Waals surface area (Å²) in [6.07, 6.45) is 2.21. The predicted octanol–water partition coefficient (Wildman–Crippen LogP) is 4.35. The van der Waals surface area contributed by atoms with Gasteiger partial charge in [-0.05, 0) is 42.8 Å². The lowest BCUT2D eigenvalue weighted by atomic mass is 10.1. The van der Waals surface area contributed by atoms with Gasteiger partial charge in [0.1, 0.15) is 5.65 Å². The topological polar surface area (TPSA) is 47.6 Å². The van der Waals surface area contributed by atoms with Crippen molar-refractivity contribution in [3.8, 4) is 27.8 Å². The van der Waals surface area contributed by atoms with Crippen molar-refractivity contribution in [2.45, 2.75) is 6.54 Å².